The fourth-order valence-electron chi connectivity index (χ4n) is 6.28. The zero-order valence-corrected chi connectivity index (χ0v) is 37.3. The summed E-state index contributed by atoms with van der Waals surface area (Å²) in [7, 11) is 1.13. The van der Waals surface area contributed by atoms with Crippen LogP contribution in [0.1, 0.15) is 200 Å². The molecular weight excluding hydrogens is 713 g/mol. The lowest BCUT2D eigenvalue weighted by Crippen LogP contribution is -2.37. The minimum Gasteiger partial charge on any atom is -0.756 e. The van der Waals surface area contributed by atoms with Crippen LogP contribution in [0.25, 0.3) is 0 Å². The molecule has 0 aromatic carbocycles. The molecule has 0 aliphatic carbocycles. The van der Waals surface area contributed by atoms with Crippen LogP contribution in [0.3, 0.4) is 0 Å². The molecule has 9 nitrogen and oxygen atoms in total. The van der Waals surface area contributed by atoms with Crippen molar-refractivity contribution in [2.75, 3.05) is 47.5 Å². The Hall–Kier alpha value is -1.51. The van der Waals surface area contributed by atoms with Crippen molar-refractivity contribution in [3.8, 4) is 0 Å². The molecule has 0 heterocycles. The molecule has 0 fully saturated rings. The van der Waals surface area contributed by atoms with Gasteiger partial charge in [0.1, 0.15) is 19.8 Å². The van der Waals surface area contributed by atoms with Gasteiger partial charge >= 0.3 is 11.9 Å². The van der Waals surface area contributed by atoms with E-state index in [-0.39, 0.29) is 19.6 Å². The first kappa shape index (κ1) is 53.5. The summed E-state index contributed by atoms with van der Waals surface area (Å²) >= 11 is 0. The molecule has 0 amide bonds. The number of hydrogen-bond donors (Lipinski definition) is 0. The fraction of sp³-hybridized carbons (Fsp3) is 0.867. The third-order valence-electron chi connectivity index (χ3n) is 9.83. The second kappa shape index (κ2) is 38.0. The van der Waals surface area contributed by atoms with Crippen LogP contribution in [0.4, 0.5) is 0 Å². The first-order chi connectivity index (χ1) is 26.5. The maximum Gasteiger partial charge on any atom is 0.330 e. The van der Waals surface area contributed by atoms with E-state index in [0.717, 1.165) is 32.1 Å². The van der Waals surface area contributed by atoms with Gasteiger partial charge in [0.2, 0.25) is 0 Å². The average Bonchev–Trinajstić information content (AvgIpc) is 3.13. The third-order valence-corrected chi connectivity index (χ3v) is 10.8. The number of esters is 2. The predicted octanol–water partition coefficient (Wildman–Crippen LogP) is 12.1. The SMILES string of the molecule is CCCCCCCCCCCCC/C=C/C=C/C(=O)OC[C@H](COP(=O)([O-])OCC[N+](C)(C)C)OC(=O)CCCCCCCCCCCCCCCCCC. The molecule has 55 heavy (non-hydrogen) atoms. The van der Waals surface area contributed by atoms with Crippen LogP contribution in [-0.2, 0) is 32.7 Å². The predicted molar refractivity (Wildman–Crippen MR) is 227 cm³/mol. The molecule has 0 aliphatic rings. The van der Waals surface area contributed by atoms with E-state index in [1.807, 2.05) is 33.3 Å². The zero-order valence-electron chi connectivity index (χ0n) is 36.4. The van der Waals surface area contributed by atoms with Gasteiger partial charge in [-0.2, -0.15) is 0 Å². The van der Waals surface area contributed by atoms with Crippen LogP contribution in [0.5, 0.6) is 0 Å². The van der Waals surface area contributed by atoms with Crippen molar-refractivity contribution in [1.29, 1.82) is 0 Å². The number of rotatable bonds is 41. The van der Waals surface area contributed by atoms with Crippen molar-refractivity contribution in [1.82, 2.24) is 0 Å². The lowest BCUT2D eigenvalue weighted by molar-refractivity contribution is -0.870. The van der Waals surface area contributed by atoms with Crippen molar-refractivity contribution < 1.29 is 42.1 Å². The number of carbonyl (C=O) groups is 2. The summed E-state index contributed by atoms with van der Waals surface area (Å²) < 4.78 is 33.7. The van der Waals surface area contributed by atoms with E-state index in [9.17, 15) is 19.0 Å². The largest absolute Gasteiger partial charge is 0.756 e. The summed E-state index contributed by atoms with van der Waals surface area (Å²) in [6, 6.07) is 0. The molecule has 10 heteroatoms. The minimum absolute atomic E-state index is 0.0411. The molecule has 324 valence electrons. The highest BCUT2D eigenvalue weighted by Gasteiger charge is 2.21. The maximum atomic E-state index is 12.7. The fourth-order valence-corrected chi connectivity index (χ4v) is 7.00. The van der Waals surface area contributed by atoms with Crippen molar-refractivity contribution in [2.24, 2.45) is 0 Å². The summed E-state index contributed by atoms with van der Waals surface area (Å²) in [5.41, 5.74) is 0. The number of phosphoric ester groups is 1. The second-order valence-corrected chi connectivity index (χ2v) is 17.9. The standard InChI is InChI=1S/C45H86NO8P/c1-6-8-10-12-14-16-18-20-22-24-26-28-30-32-34-36-38-45(48)54-43(42-53-55(49,50)52-40-39-46(3,4)5)41-51-44(47)37-35-33-31-29-27-25-23-21-19-17-15-13-11-9-7-2/h31,33,35,37,43H,6-30,32,34,36,38-42H2,1-5H3/b33-31+,37-35+/t43-/m1/s1. The van der Waals surface area contributed by atoms with Gasteiger partial charge in [0.25, 0.3) is 7.82 Å². The van der Waals surface area contributed by atoms with E-state index in [1.54, 1.807) is 6.08 Å². The van der Waals surface area contributed by atoms with Crippen LogP contribution in [-0.4, -0.2) is 70.0 Å². The summed E-state index contributed by atoms with van der Waals surface area (Å²) in [6.07, 6.45) is 41.2. The molecule has 0 rings (SSSR count). The van der Waals surface area contributed by atoms with E-state index >= 15 is 0 Å². The number of quaternary nitrogens is 1. The molecule has 0 aromatic rings. The van der Waals surface area contributed by atoms with Crippen molar-refractivity contribution in [3.05, 3.63) is 24.3 Å². The number of phosphoric acid groups is 1. The van der Waals surface area contributed by atoms with Gasteiger partial charge in [-0.1, -0.05) is 193 Å². The van der Waals surface area contributed by atoms with Gasteiger partial charge in [0.15, 0.2) is 6.10 Å². The normalized spacial score (nSPS) is 13.8. The topological polar surface area (TPSA) is 111 Å². The Kier molecular flexibility index (Phi) is 37.0. The number of carbonyl (C=O) groups excluding carboxylic acids is 2. The molecule has 0 aromatic heterocycles. The molecule has 0 saturated carbocycles. The molecule has 2 atom stereocenters. The Labute approximate surface area is 339 Å². The minimum atomic E-state index is -4.64. The number of likely N-dealkylation sites (N-methyl/N-ethyl adjacent to an activating group) is 1. The highest BCUT2D eigenvalue weighted by molar-refractivity contribution is 7.45. The zero-order chi connectivity index (χ0) is 40.7. The first-order valence-electron chi connectivity index (χ1n) is 22.6. The Morgan fingerprint density at radius 3 is 1.49 bits per heavy atom. The van der Waals surface area contributed by atoms with Crippen molar-refractivity contribution in [3.63, 3.8) is 0 Å². The van der Waals surface area contributed by atoms with E-state index in [4.69, 9.17) is 18.5 Å². The molecule has 0 radical (unpaired) electrons. The number of unbranched alkanes of at least 4 members (excludes halogenated alkanes) is 26. The first-order valence-corrected chi connectivity index (χ1v) is 24.0. The number of nitrogens with zero attached hydrogens (tertiary/aromatic N) is 1. The molecule has 0 saturated heterocycles. The van der Waals surface area contributed by atoms with Gasteiger partial charge in [0.05, 0.1) is 27.7 Å². The van der Waals surface area contributed by atoms with Gasteiger partial charge in [0, 0.05) is 12.5 Å². The second-order valence-electron chi connectivity index (χ2n) is 16.5. The van der Waals surface area contributed by atoms with Gasteiger partial charge in [-0.15, -0.1) is 0 Å². The lowest BCUT2D eigenvalue weighted by atomic mass is 10.0. The number of ether oxygens (including phenoxy) is 2. The average molecular weight is 800 g/mol. The van der Waals surface area contributed by atoms with Crippen LogP contribution in [0, 0.1) is 0 Å². The summed E-state index contributed by atoms with van der Waals surface area (Å²) in [4.78, 5) is 37.4. The van der Waals surface area contributed by atoms with E-state index in [1.165, 1.54) is 147 Å². The van der Waals surface area contributed by atoms with Gasteiger partial charge in [-0.3, -0.25) is 9.36 Å². The number of hydrogen-bond acceptors (Lipinski definition) is 8. The Balaban J connectivity index is 4.41. The van der Waals surface area contributed by atoms with Crippen LogP contribution < -0.4 is 4.89 Å². The smallest absolute Gasteiger partial charge is 0.330 e. The Morgan fingerprint density at radius 1 is 0.600 bits per heavy atom. The quantitative estimate of drug-likeness (QED) is 0.0150. The third kappa shape index (κ3) is 41.9. The molecule has 1 unspecified atom stereocenters. The molecule has 0 N–H and O–H groups in total. The highest BCUT2D eigenvalue weighted by Crippen LogP contribution is 2.38. The van der Waals surface area contributed by atoms with Crippen molar-refractivity contribution >= 4 is 19.8 Å². The van der Waals surface area contributed by atoms with Gasteiger partial charge < -0.3 is 27.9 Å². The van der Waals surface area contributed by atoms with Crippen LogP contribution in [0.2, 0.25) is 0 Å². The molecular formula is C45H86NO8P. The van der Waals surface area contributed by atoms with Gasteiger partial charge in [-0.05, 0) is 19.3 Å². The van der Waals surface area contributed by atoms with E-state index in [2.05, 4.69) is 13.8 Å². The van der Waals surface area contributed by atoms with Crippen molar-refractivity contribution in [2.45, 2.75) is 206 Å². The summed E-state index contributed by atoms with van der Waals surface area (Å²) in [5.74, 6) is -1.08. The van der Waals surface area contributed by atoms with Gasteiger partial charge in [-0.25, -0.2) is 4.79 Å². The molecule has 0 spiro atoms. The van der Waals surface area contributed by atoms with Crippen LogP contribution >= 0.6 is 7.82 Å². The molecule has 0 aliphatic heterocycles. The maximum absolute atomic E-state index is 12.7. The van der Waals surface area contributed by atoms with Crippen LogP contribution in [0.15, 0.2) is 24.3 Å². The summed E-state index contributed by atoms with van der Waals surface area (Å²) in [6.45, 7) is 4.12. The Morgan fingerprint density at radius 2 is 1.04 bits per heavy atom. The highest BCUT2D eigenvalue weighted by atomic mass is 31.2. The molecule has 0 bridgehead atoms. The summed E-state index contributed by atoms with van der Waals surface area (Å²) in [5, 5.41) is 0. The van der Waals surface area contributed by atoms with E-state index in [0.29, 0.717) is 17.4 Å². The Bertz CT molecular complexity index is 996. The lowest BCUT2D eigenvalue weighted by Gasteiger charge is -2.28. The number of allylic oxidation sites excluding steroid dienone is 3. The monoisotopic (exact) mass is 800 g/mol. The van der Waals surface area contributed by atoms with E-state index < -0.39 is 32.5 Å².